The Kier molecular flexibility index (Phi) is 7.05. The fourth-order valence-electron chi connectivity index (χ4n) is 1.55. The smallest absolute Gasteiger partial charge is 0.314 e. The van der Waals surface area contributed by atoms with Crippen LogP contribution in [0.1, 0.15) is 12.1 Å². The molecule has 0 aromatic carbocycles. The van der Waals surface area contributed by atoms with Crippen molar-refractivity contribution in [2.24, 2.45) is 0 Å². The highest BCUT2D eigenvalue weighted by molar-refractivity contribution is 5.74. The van der Waals surface area contributed by atoms with Crippen LogP contribution < -0.4 is 10.6 Å². The third-order valence-corrected chi connectivity index (χ3v) is 2.62. The number of amides is 2. The molecule has 1 unspecified atom stereocenters. The van der Waals surface area contributed by atoms with E-state index in [1.54, 1.807) is 6.20 Å². The summed E-state index contributed by atoms with van der Waals surface area (Å²) in [5.41, 5.74) is 0.897. The number of urea groups is 1. The van der Waals surface area contributed by atoms with Crippen LogP contribution in [-0.4, -0.2) is 48.4 Å². The quantitative estimate of drug-likeness (QED) is 0.641. The highest BCUT2D eigenvalue weighted by Crippen LogP contribution is 1.95. The largest absolute Gasteiger partial charge is 0.481 e. The van der Waals surface area contributed by atoms with Crippen molar-refractivity contribution >= 4 is 12.0 Å². The van der Waals surface area contributed by atoms with E-state index in [1.807, 2.05) is 18.2 Å². The van der Waals surface area contributed by atoms with E-state index in [9.17, 15) is 9.59 Å². The molecule has 3 N–H and O–H groups in total. The average Bonchev–Trinajstić information content (AvgIpc) is 2.44. The number of carbonyl (C=O) groups is 2. The lowest BCUT2D eigenvalue weighted by atomic mass is 10.2. The maximum absolute atomic E-state index is 11.5. The molecule has 7 heteroatoms. The van der Waals surface area contributed by atoms with Gasteiger partial charge in [-0.2, -0.15) is 0 Å². The van der Waals surface area contributed by atoms with Crippen LogP contribution in [0.15, 0.2) is 24.4 Å². The Morgan fingerprint density at radius 2 is 2.20 bits per heavy atom. The Morgan fingerprint density at radius 3 is 2.80 bits per heavy atom. The number of nitrogens with one attached hydrogen (secondary N) is 2. The number of hydrogen-bond donors (Lipinski definition) is 3. The lowest BCUT2D eigenvalue weighted by molar-refractivity contribution is -0.139. The Bertz CT molecular complexity index is 425. The minimum absolute atomic E-state index is 0.148. The van der Waals surface area contributed by atoms with Crippen LogP contribution in [0, 0.1) is 0 Å². The summed E-state index contributed by atoms with van der Waals surface area (Å²) in [4.78, 5) is 26.2. The third-order valence-electron chi connectivity index (χ3n) is 2.62. The standard InChI is InChI=1S/C13H19N3O4/c1-20-11(8-12(17)18)9-16-13(19)15-7-5-10-4-2-3-6-14-10/h2-4,6,11H,5,7-9H2,1H3,(H,17,18)(H2,15,16,19). The first kappa shape index (κ1) is 15.9. The van der Waals surface area contributed by atoms with Gasteiger partial charge in [0.1, 0.15) is 0 Å². The van der Waals surface area contributed by atoms with Gasteiger partial charge >= 0.3 is 12.0 Å². The zero-order chi connectivity index (χ0) is 14.8. The fourth-order valence-corrected chi connectivity index (χ4v) is 1.55. The Hall–Kier alpha value is -2.15. The van der Waals surface area contributed by atoms with Gasteiger partial charge in [0, 0.05) is 38.5 Å². The Labute approximate surface area is 117 Å². The van der Waals surface area contributed by atoms with E-state index in [2.05, 4.69) is 15.6 Å². The van der Waals surface area contributed by atoms with Crippen molar-refractivity contribution < 1.29 is 19.4 Å². The van der Waals surface area contributed by atoms with Crippen LogP contribution in [0.5, 0.6) is 0 Å². The summed E-state index contributed by atoms with van der Waals surface area (Å²) in [7, 11) is 1.41. The second kappa shape index (κ2) is 8.87. The predicted octanol–water partition coefficient (Wildman–Crippen LogP) is 0.413. The van der Waals surface area contributed by atoms with Gasteiger partial charge in [0.15, 0.2) is 0 Å². The zero-order valence-corrected chi connectivity index (χ0v) is 11.3. The highest BCUT2D eigenvalue weighted by Gasteiger charge is 2.13. The molecule has 1 heterocycles. The normalized spacial score (nSPS) is 11.7. The molecule has 0 aliphatic rings. The summed E-state index contributed by atoms with van der Waals surface area (Å²) in [6, 6.07) is 5.25. The molecule has 7 nitrogen and oxygen atoms in total. The van der Waals surface area contributed by atoms with Crippen molar-refractivity contribution in [3.8, 4) is 0 Å². The van der Waals surface area contributed by atoms with Crippen molar-refractivity contribution in [3.63, 3.8) is 0 Å². The summed E-state index contributed by atoms with van der Waals surface area (Å²) < 4.78 is 4.95. The molecule has 0 aliphatic heterocycles. The fraction of sp³-hybridized carbons (Fsp3) is 0.462. The number of carbonyl (C=O) groups excluding carboxylic acids is 1. The Balaban J connectivity index is 2.18. The van der Waals surface area contributed by atoms with Gasteiger partial charge in [-0.05, 0) is 12.1 Å². The van der Waals surface area contributed by atoms with Gasteiger partial charge in [0.25, 0.3) is 0 Å². The number of pyridine rings is 1. The lowest BCUT2D eigenvalue weighted by Gasteiger charge is -2.14. The molecule has 1 aromatic heterocycles. The lowest BCUT2D eigenvalue weighted by Crippen LogP contribution is -2.41. The molecule has 0 saturated carbocycles. The van der Waals surface area contributed by atoms with E-state index in [4.69, 9.17) is 9.84 Å². The molecule has 0 fully saturated rings. The van der Waals surface area contributed by atoms with Crippen LogP contribution in [0.3, 0.4) is 0 Å². The first-order valence-electron chi connectivity index (χ1n) is 6.28. The number of ether oxygens (including phenoxy) is 1. The van der Waals surface area contributed by atoms with Crippen molar-refractivity contribution in [3.05, 3.63) is 30.1 Å². The molecule has 2 amide bonds. The summed E-state index contributed by atoms with van der Waals surface area (Å²) in [6.07, 6.45) is 1.65. The second-order valence-corrected chi connectivity index (χ2v) is 4.16. The van der Waals surface area contributed by atoms with Gasteiger partial charge < -0.3 is 20.5 Å². The molecule has 110 valence electrons. The second-order valence-electron chi connectivity index (χ2n) is 4.16. The van der Waals surface area contributed by atoms with E-state index >= 15 is 0 Å². The molecule has 20 heavy (non-hydrogen) atoms. The van der Waals surface area contributed by atoms with Gasteiger partial charge in [-0.25, -0.2) is 4.79 Å². The first-order valence-corrected chi connectivity index (χ1v) is 6.28. The molecular weight excluding hydrogens is 262 g/mol. The number of methoxy groups -OCH3 is 1. The van der Waals surface area contributed by atoms with Crippen molar-refractivity contribution in [2.75, 3.05) is 20.2 Å². The molecule has 0 radical (unpaired) electrons. The van der Waals surface area contributed by atoms with Gasteiger partial charge in [0.05, 0.1) is 12.5 Å². The summed E-state index contributed by atoms with van der Waals surface area (Å²) in [6.45, 7) is 0.609. The molecule has 0 aliphatic carbocycles. The monoisotopic (exact) mass is 281 g/mol. The van der Waals surface area contributed by atoms with E-state index < -0.39 is 12.1 Å². The van der Waals surface area contributed by atoms with Gasteiger partial charge in [-0.3, -0.25) is 9.78 Å². The molecule has 1 rings (SSSR count). The molecule has 1 aromatic rings. The molecule has 0 saturated heterocycles. The molecule has 1 atom stereocenters. The predicted molar refractivity (Wildman–Crippen MR) is 72.4 cm³/mol. The first-order chi connectivity index (χ1) is 9.61. The summed E-state index contributed by atoms with van der Waals surface area (Å²) >= 11 is 0. The van der Waals surface area contributed by atoms with Crippen LogP contribution in [-0.2, 0) is 16.0 Å². The maximum atomic E-state index is 11.5. The van der Waals surface area contributed by atoms with Gasteiger partial charge in [-0.15, -0.1) is 0 Å². The van der Waals surface area contributed by atoms with Crippen LogP contribution in [0.4, 0.5) is 4.79 Å². The number of carboxylic acid groups (broad SMARTS) is 1. The SMILES string of the molecule is COC(CNC(=O)NCCc1ccccn1)CC(=O)O. The van der Waals surface area contributed by atoms with E-state index in [1.165, 1.54) is 7.11 Å². The van der Waals surface area contributed by atoms with Crippen LogP contribution in [0.2, 0.25) is 0 Å². The summed E-state index contributed by atoms with van der Waals surface area (Å²) in [5.74, 6) is -0.964. The molecular formula is C13H19N3O4. The minimum atomic E-state index is -0.964. The van der Waals surface area contributed by atoms with E-state index in [-0.39, 0.29) is 19.0 Å². The van der Waals surface area contributed by atoms with Crippen molar-refractivity contribution in [1.29, 1.82) is 0 Å². The third kappa shape index (κ3) is 6.69. The van der Waals surface area contributed by atoms with Gasteiger partial charge in [0.2, 0.25) is 0 Å². The van der Waals surface area contributed by atoms with E-state index in [0.717, 1.165) is 5.69 Å². The van der Waals surface area contributed by atoms with E-state index in [0.29, 0.717) is 13.0 Å². The van der Waals surface area contributed by atoms with Crippen molar-refractivity contribution in [2.45, 2.75) is 18.9 Å². The minimum Gasteiger partial charge on any atom is -0.481 e. The maximum Gasteiger partial charge on any atom is 0.314 e. The topological polar surface area (TPSA) is 101 Å². The molecule has 0 bridgehead atoms. The van der Waals surface area contributed by atoms with Crippen LogP contribution >= 0.6 is 0 Å². The van der Waals surface area contributed by atoms with Crippen LogP contribution in [0.25, 0.3) is 0 Å². The highest BCUT2D eigenvalue weighted by atomic mass is 16.5. The number of aliphatic carboxylic acids is 1. The Morgan fingerprint density at radius 1 is 1.40 bits per heavy atom. The average molecular weight is 281 g/mol. The number of aromatic nitrogens is 1. The number of hydrogen-bond acceptors (Lipinski definition) is 4. The van der Waals surface area contributed by atoms with Crippen molar-refractivity contribution in [1.82, 2.24) is 15.6 Å². The number of nitrogens with zero attached hydrogens (tertiary/aromatic N) is 1. The zero-order valence-electron chi connectivity index (χ0n) is 11.3. The number of carboxylic acids is 1. The van der Waals surface area contributed by atoms with Gasteiger partial charge in [-0.1, -0.05) is 6.07 Å². The molecule has 0 spiro atoms. The number of rotatable bonds is 8. The summed E-state index contributed by atoms with van der Waals surface area (Å²) in [5, 5.41) is 13.9.